The number of aryl methyl sites for hydroxylation is 2. The molecule has 2 amide bonds. The molecule has 1 aliphatic carbocycles. The van der Waals surface area contributed by atoms with Gasteiger partial charge in [0.25, 0.3) is 5.91 Å². The van der Waals surface area contributed by atoms with Gasteiger partial charge in [-0.2, -0.15) is 0 Å². The van der Waals surface area contributed by atoms with E-state index in [4.69, 9.17) is 23.8 Å². The Bertz CT molecular complexity index is 1420. The van der Waals surface area contributed by atoms with Gasteiger partial charge in [-0.1, -0.05) is 23.7 Å². The number of amides is 2. The smallest absolute Gasteiger partial charge is 0.253 e. The number of hydrogen-bond acceptors (Lipinski definition) is 6. The van der Waals surface area contributed by atoms with E-state index in [0.717, 1.165) is 35.2 Å². The Morgan fingerprint density at radius 3 is 2.76 bits per heavy atom. The molecule has 2 unspecified atom stereocenters. The lowest BCUT2D eigenvalue weighted by Crippen LogP contribution is -2.41. The van der Waals surface area contributed by atoms with Gasteiger partial charge in [-0.25, -0.2) is 9.37 Å². The van der Waals surface area contributed by atoms with Crippen molar-refractivity contribution in [3.05, 3.63) is 87.6 Å². The van der Waals surface area contributed by atoms with Crippen molar-refractivity contribution in [3.8, 4) is 0 Å². The van der Waals surface area contributed by atoms with Crippen molar-refractivity contribution in [1.82, 2.24) is 30.9 Å². The van der Waals surface area contributed by atoms with Crippen LogP contribution in [0.3, 0.4) is 0 Å². The number of benzene rings is 1. The Hall–Kier alpha value is -3.83. The first-order valence-electron chi connectivity index (χ1n) is 12.1. The van der Waals surface area contributed by atoms with E-state index in [2.05, 4.69) is 31.5 Å². The molecule has 2 aliphatic rings. The summed E-state index contributed by atoms with van der Waals surface area (Å²) in [7, 11) is 1.70. The molecule has 0 radical (unpaired) electrons. The van der Waals surface area contributed by atoms with Gasteiger partial charge in [0.05, 0.1) is 16.6 Å². The number of likely N-dealkylation sites (N-methyl/N-ethyl adjacent to an activating group) is 1. The molecule has 0 saturated carbocycles. The number of nitrogens with zero attached hydrogens (tertiary/aromatic N) is 3. The van der Waals surface area contributed by atoms with E-state index in [1.54, 1.807) is 24.2 Å². The number of carbonyl (C=O) groups is 2. The third-order valence-corrected chi connectivity index (χ3v) is 7.20. The summed E-state index contributed by atoms with van der Waals surface area (Å²) >= 11 is 11.9. The van der Waals surface area contributed by atoms with Crippen LogP contribution < -0.4 is 21.5 Å². The molecule has 4 N–H and O–H groups in total. The van der Waals surface area contributed by atoms with Gasteiger partial charge >= 0.3 is 0 Å². The van der Waals surface area contributed by atoms with Crippen LogP contribution in [0.15, 0.2) is 48.8 Å². The summed E-state index contributed by atoms with van der Waals surface area (Å²) in [6.45, 7) is 0.592. The summed E-state index contributed by atoms with van der Waals surface area (Å²) in [5.74, 6) is -0.641. The Balaban J connectivity index is 1.26. The molecule has 1 aromatic carbocycles. The second-order valence-electron chi connectivity index (χ2n) is 9.17. The fraction of sp³-hybridized carbons (Fsp3) is 0.269. The average Bonchev–Trinajstić information content (AvgIpc) is 3.13. The third kappa shape index (κ3) is 5.39. The molecule has 2 atom stereocenters. The van der Waals surface area contributed by atoms with Gasteiger partial charge in [0.15, 0.2) is 10.9 Å². The fourth-order valence-electron chi connectivity index (χ4n) is 4.70. The van der Waals surface area contributed by atoms with E-state index in [1.165, 1.54) is 24.4 Å². The molecule has 3 aromatic rings. The summed E-state index contributed by atoms with van der Waals surface area (Å²) in [6.07, 6.45) is 5.12. The zero-order valence-electron chi connectivity index (χ0n) is 20.4. The van der Waals surface area contributed by atoms with Crippen molar-refractivity contribution in [2.24, 2.45) is 0 Å². The number of pyridine rings is 2. The second kappa shape index (κ2) is 10.9. The van der Waals surface area contributed by atoms with Crippen LogP contribution in [0.25, 0.3) is 0 Å². The van der Waals surface area contributed by atoms with E-state index in [9.17, 15) is 14.0 Å². The van der Waals surface area contributed by atoms with Crippen molar-refractivity contribution in [1.29, 1.82) is 0 Å². The molecular weight excluding hydrogens is 529 g/mol. The number of carbonyl (C=O) groups excluding carboxylic acids is 2. The van der Waals surface area contributed by atoms with Crippen molar-refractivity contribution >= 4 is 46.6 Å². The van der Waals surface area contributed by atoms with Gasteiger partial charge < -0.3 is 15.5 Å². The summed E-state index contributed by atoms with van der Waals surface area (Å²) in [6, 6.07) is 9.05. The monoisotopic (exact) mass is 553 g/mol. The topological polar surface area (TPSA) is 111 Å². The predicted molar refractivity (Wildman–Crippen MR) is 145 cm³/mol. The van der Waals surface area contributed by atoms with E-state index >= 15 is 0 Å². The van der Waals surface area contributed by atoms with E-state index in [1.807, 2.05) is 12.1 Å². The van der Waals surface area contributed by atoms with E-state index in [0.29, 0.717) is 13.0 Å². The summed E-state index contributed by atoms with van der Waals surface area (Å²) in [5, 5.41) is 6.37. The Kier molecular flexibility index (Phi) is 7.39. The molecule has 3 heterocycles. The lowest BCUT2D eigenvalue weighted by Gasteiger charge is -2.23. The maximum absolute atomic E-state index is 14.2. The number of hydrazine groups is 1. The minimum Gasteiger partial charge on any atom is -0.350 e. The summed E-state index contributed by atoms with van der Waals surface area (Å²) in [4.78, 5) is 35.0. The highest BCUT2D eigenvalue weighted by atomic mass is 35.5. The summed E-state index contributed by atoms with van der Waals surface area (Å²) < 4.78 is 14.2. The van der Waals surface area contributed by atoms with E-state index < -0.39 is 18.0 Å². The maximum atomic E-state index is 14.2. The van der Waals surface area contributed by atoms with Crippen LogP contribution >= 0.6 is 23.8 Å². The standard InChI is InChI=1S/C26H25ClFN7O2S/c1-35-10-8-21(25(35)37)31-24(36)15-11-19(27)23(30-13-15)33-34-26(38)32-22-17-3-2-9-29-20(17)7-5-14-4-6-16(28)12-18(14)22/h2-4,6,9,11-13,21-22H,5,7-8,10H2,1H3,(H,30,33)(H,31,36)(H2,32,34,38). The zero-order chi connectivity index (χ0) is 26.8. The van der Waals surface area contributed by atoms with Crippen LogP contribution in [0.2, 0.25) is 5.02 Å². The largest absolute Gasteiger partial charge is 0.350 e. The number of nitrogens with one attached hydrogen (secondary N) is 4. The molecule has 5 rings (SSSR count). The molecule has 0 spiro atoms. The van der Waals surface area contributed by atoms with Crippen LogP contribution in [0.4, 0.5) is 10.2 Å². The van der Waals surface area contributed by atoms with Gasteiger partial charge in [0, 0.05) is 37.2 Å². The molecule has 1 fully saturated rings. The van der Waals surface area contributed by atoms with Crippen molar-refractivity contribution in [2.75, 3.05) is 19.0 Å². The Morgan fingerprint density at radius 1 is 1.16 bits per heavy atom. The number of likely N-dealkylation sites (tertiary alicyclic amines) is 1. The van der Waals surface area contributed by atoms with Crippen LogP contribution in [-0.2, 0) is 17.6 Å². The second-order valence-corrected chi connectivity index (χ2v) is 9.98. The molecule has 0 bridgehead atoms. The first-order valence-corrected chi connectivity index (χ1v) is 12.8. The lowest BCUT2D eigenvalue weighted by atomic mass is 9.96. The van der Waals surface area contributed by atoms with Gasteiger partial charge in [0.1, 0.15) is 11.9 Å². The molecule has 12 heteroatoms. The normalized spacial score (nSPS) is 18.2. The molecule has 1 saturated heterocycles. The van der Waals surface area contributed by atoms with Crippen molar-refractivity contribution in [2.45, 2.75) is 31.3 Å². The minimum atomic E-state index is -0.558. The number of aromatic nitrogens is 2. The lowest BCUT2D eigenvalue weighted by molar-refractivity contribution is -0.128. The van der Waals surface area contributed by atoms with Gasteiger partial charge in [0.2, 0.25) is 5.91 Å². The third-order valence-electron chi connectivity index (χ3n) is 6.69. The highest BCUT2D eigenvalue weighted by Crippen LogP contribution is 2.32. The number of anilines is 1. The van der Waals surface area contributed by atoms with Crippen LogP contribution in [0.1, 0.15) is 45.2 Å². The fourth-order valence-corrected chi connectivity index (χ4v) is 5.08. The molecule has 1 aliphatic heterocycles. The van der Waals surface area contributed by atoms with Gasteiger partial charge in [-0.15, -0.1) is 0 Å². The van der Waals surface area contributed by atoms with Crippen molar-refractivity contribution < 1.29 is 14.0 Å². The molecule has 2 aromatic heterocycles. The average molecular weight is 554 g/mol. The molecular formula is C26H25ClFN7O2S. The van der Waals surface area contributed by atoms with Crippen LogP contribution in [-0.4, -0.2) is 51.4 Å². The SMILES string of the molecule is CN1CCC(NC(=O)c2cnc(NNC(=S)NC3c4cc(F)ccc4CCc4ncccc43)c(Cl)c2)C1=O. The number of fused-ring (bicyclic) bond motifs is 2. The van der Waals surface area contributed by atoms with Gasteiger partial charge in [-0.05, 0) is 66.9 Å². The Labute approximate surface area is 229 Å². The number of hydrogen-bond donors (Lipinski definition) is 4. The van der Waals surface area contributed by atoms with Crippen LogP contribution in [0.5, 0.6) is 0 Å². The number of thiocarbonyl (C=S) groups is 1. The van der Waals surface area contributed by atoms with Gasteiger partial charge in [-0.3, -0.25) is 25.4 Å². The number of halogens is 2. The van der Waals surface area contributed by atoms with Crippen molar-refractivity contribution in [3.63, 3.8) is 0 Å². The first kappa shape index (κ1) is 25.8. The minimum absolute atomic E-state index is 0.127. The Morgan fingerprint density at radius 2 is 2.00 bits per heavy atom. The highest BCUT2D eigenvalue weighted by molar-refractivity contribution is 7.80. The molecule has 9 nitrogen and oxygen atoms in total. The van der Waals surface area contributed by atoms with E-state index in [-0.39, 0.29) is 33.2 Å². The first-order chi connectivity index (χ1) is 18.3. The summed E-state index contributed by atoms with van der Waals surface area (Å²) in [5.41, 5.74) is 9.58. The quantitative estimate of drug-likeness (QED) is 0.282. The maximum Gasteiger partial charge on any atom is 0.253 e. The zero-order valence-corrected chi connectivity index (χ0v) is 22.0. The molecule has 196 valence electrons. The molecule has 38 heavy (non-hydrogen) atoms. The number of rotatable bonds is 5. The highest BCUT2D eigenvalue weighted by Gasteiger charge is 2.30. The van der Waals surface area contributed by atoms with Crippen LogP contribution in [0, 0.1) is 5.82 Å². The predicted octanol–water partition coefficient (Wildman–Crippen LogP) is 2.91.